The molecule has 1 aliphatic rings. The van der Waals surface area contributed by atoms with E-state index >= 15 is 0 Å². The summed E-state index contributed by atoms with van der Waals surface area (Å²) < 4.78 is 10.7. The quantitative estimate of drug-likeness (QED) is 0.884. The number of unbranched alkanes of at least 4 members (excludes halogenated alkanes) is 1. The molecular weight excluding hydrogens is 280 g/mol. The summed E-state index contributed by atoms with van der Waals surface area (Å²) in [5.41, 5.74) is 0.908. The highest BCUT2D eigenvalue weighted by Gasteiger charge is 2.13. The molecule has 0 amide bonds. The number of nitrogens with zero attached hydrogens (tertiary/aromatic N) is 3. The van der Waals surface area contributed by atoms with E-state index in [2.05, 4.69) is 27.1 Å². The number of hydrogen-bond acceptors (Lipinski definition) is 6. The van der Waals surface area contributed by atoms with E-state index < -0.39 is 0 Å². The van der Waals surface area contributed by atoms with Gasteiger partial charge in [-0.2, -0.15) is 0 Å². The molecule has 1 aromatic heterocycles. The van der Waals surface area contributed by atoms with Gasteiger partial charge in [0.1, 0.15) is 18.0 Å². The molecule has 2 aromatic rings. The Morgan fingerprint density at radius 1 is 1.18 bits per heavy atom. The van der Waals surface area contributed by atoms with Crippen molar-refractivity contribution in [2.24, 2.45) is 0 Å². The van der Waals surface area contributed by atoms with Crippen LogP contribution in [-0.2, 0) is 0 Å². The van der Waals surface area contributed by atoms with E-state index in [4.69, 9.17) is 9.47 Å². The maximum absolute atomic E-state index is 5.38. The van der Waals surface area contributed by atoms with Crippen molar-refractivity contribution < 1.29 is 9.47 Å². The van der Waals surface area contributed by atoms with Crippen LogP contribution in [0.15, 0.2) is 30.6 Å². The third-order valence-electron chi connectivity index (χ3n) is 3.54. The van der Waals surface area contributed by atoms with Gasteiger partial charge in [-0.1, -0.05) is 13.3 Å². The second-order valence-electron chi connectivity index (χ2n) is 5.23. The normalized spacial score (nSPS) is 12.3. The molecule has 2 heterocycles. The number of anilines is 3. The zero-order valence-electron chi connectivity index (χ0n) is 12.9. The highest BCUT2D eigenvalue weighted by atomic mass is 16.7. The van der Waals surface area contributed by atoms with Crippen molar-refractivity contribution >= 4 is 17.3 Å². The second-order valence-corrected chi connectivity index (χ2v) is 5.23. The predicted octanol–water partition coefficient (Wildman–Crippen LogP) is 3.19. The maximum atomic E-state index is 5.38. The summed E-state index contributed by atoms with van der Waals surface area (Å²) in [7, 11) is 2.04. The average Bonchev–Trinajstić information content (AvgIpc) is 3.00. The van der Waals surface area contributed by atoms with Gasteiger partial charge in [0.25, 0.3) is 0 Å². The Kier molecular flexibility index (Phi) is 4.27. The van der Waals surface area contributed by atoms with Crippen LogP contribution in [0.5, 0.6) is 11.5 Å². The first-order valence-electron chi connectivity index (χ1n) is 7.46. The van der Waals surface area contributed by atoms with Gasteiger partial charge >= 0.3 is 0 Å². The molecule has 0 radical (unpaired) electrons. The van der Waals surface area contributed by atoms with E-state index in [1.807, 2.05) is 31.3 Å². The Morgan fingerprint density at radius 3 is 2.91 bits per heavy atom. The van der Waals surface area contributed by atoms with Gasteiger partial charge in [0.05, 0.1) is 0 Å². The van der Waals surface area contributed by atoms with Crippen molar-refractivity contribution in [1.82, 2.24) is 9.97 Å². The van der Waals surface area contributed by atoms with Gasteiger partial charge in [0.2, 0.25) is 6.79 Å². The minimum absolute atomic E-state index is 0.276. The first-order chi connectivity index (χ1) is 10.8. The zero-order chi connectivity index (χ0) is 15.4. The van der Waals surface area contributed by atoms with Gasteiger partial charge in [-0.05, 0) is 18.6 Å². The van der Waals surface area contributed by atoms with Crippen molar-refractivity contribution in [3.05, 3.63) is 30.6 Å². The molecule has 0 bridgehead atoms. The molecule has 116 valence electrons. The fourth-order valence-electron chi connectivity index (χ4n) is 2.26. The lowest BCUT2D eigenvalue weighted by Crippen LogP contribution is -2.19. The van der Waals surface area contributed by atoms with Gasteiger partial charge in [-0.15, -0.1) is 0 Å². The fraction of sp³-hybridized carbons (Fsp3) is 0.375. The van der Waals surface area contributed by atoms with Gasteiger partial charge in [-0.3, -0.25) is 0 Å². The molecule has 0 unspecified atom stereocenters. The Bertz CT molecular complexity index is 648. The zero-order valence-corrected chi connectivity index (χ0v) is 12.9. The molecule has 0 spiro atoms. The van der Waals surface area contributed by atoms with E-state index in [9.17, 15) is 0 Å². The van der Waals surface area contributed by atoms with Crippen LogP contribution in [0, 0.1) is 0 Å². The van der Waals surface area contributed by atoms with Gasteiger partial charge in [0, 0.05) is 31.4 Å². The van der Waals surface area contributed by atoms with Crippen LogP contribution in [0.4, 0.5) is 17.3 Å². The van der Waals surface area contributed by atoms with Crippen molar-refractivity contribution in [1.29, 1.82) is 0 Å². The van der Waals surface area contributed by atoms with Crippen LogP contribution in [0.25, 0.3) is 0 Å². The smallest absolute Gasteiger partial charge is 0.231 e. The van der Waals surface area contributed by atoms with Crippen LogP contribution >= 0.6 is 0 Å². The highest BCUT2D eigenvalue weighted by Crippen LogP contribution is 2.35. The highest BCUT2D eigenvalue weighted by molar-refractivity contribution is 5.63. The number of aromatic nitrogens is 2. The minimum Gasteiger partial charge on any atom is -0.454 e. The van der Waals surface area contributed by atoms with Crippen LogP contribution in [0.3, 0.4) is 0 Å². The average molecular weight is 300 g/mol. The summed E-state index contributed by atoms with van der Waals surface area (Å²) in [6.45, 7) is 3.44. The largest absolute Gasteiger partial charge is 0.454 e. The SMILES string of the molecule is CCCCN(C)c1cc(Nc2ccc3c(c2)OCO3)ncn1. The fourth-order valence-corrected chi connectivity index (χ4v) is 2.26. The molecule has 1 N–H and O–H groups in total. The molecule has 3 rings (SSSR count). The van der Waals surface area contributed by atoms with E-state index in [1.54, 1.807) is 6.33 Å². The summed E-state index contributed by atoms with van der Waals surface area (Å²) in [5, 5.41) is 3.27. The lowest BCUT2D eigenvalue weighted by molar-refractivity contribution is 0.174. The monoisotopic (exact) mass is 300 g/mol. The van der Waals surface area contributed by atoms with Gasteiger partial charge < -0.3 is 19.7 Å². The van der Waals surface area contributed by atoms with Crippen molar-refractivity contribution in [2.75, 3.05) is 30.6 Å². The maximum Gasteiger partial charge on any atom is 0.231 e. The number of ether oxygens (including phenoxy) is 2. The second kappa shape index (κ2) is 6.51. The van der Waals surface area contributed by atoms with E-state index in [0.717, 1.165) is 48.2 Å². The Balaban J connectivity index is 1.72. The summed E-state index contributed by atoms with van der Waals surface area (Å²) >= 11 is 0. The first kappa shape index (κ1) is 14.4. The van der Waals surface area contributed by atoms with E-state index in [-0.39, 0.29) is 6.79 Å². The van der Waals surface area contributed by atoms with Crippen LogP contribution in [0.1, 0.15) is 19.8 Å². The summed E-state index contributed by atoms with van der Waals surface area (Å²) in [6.07, 6.45) is 3.89. The van der Waals surface area contributed by atoms with Crippen molar-refractivity contribution in [3.8, 4) is 11.5 Å². The van der Waals surface area contributed by atoms with Crippen molar-refractivity contribution in [3.63, 3.8) is 0 Å². The molecule has 22 heavy (non-hydrogen) atoms. The molecule has 0 saturated heterocycles. The van der Waals surface area contributed by atoms with Crippen molar-refractivity contribution in [2.45, 2.75) is 19.8 Å². The number of rotatable bonds is 6. The third kappa shape index (κ3) is 3.21. The Morgan fingerprint density at radius 2 is 2.05 bits per heavy atom. The number of fused-ring (bicyclic) bond motifs is 1. The molecule has 6 nitrogen and oxygen atoms in total. The number of benzene rings is 1. The topological polar surface area (TPSA) is 59.5 Å². The standard InChI is InChI=1S/C16H20N4O2/c1-3-4-7-20(2)16-9-15(17-10-18-16)19-12-5-6-13-14(8-12)22-11-21-13/h5-6,8-10H,3-4,7,11H2,1-2H3,(H,17,18,19). The van der Waals surface area contributed by atoms with E-state index in [0.29, 0.717) is 0 Å². The van der Waals surface area contributed by atoms with E-state index in [1.165, 1.54) is 0 Å². The predicted molar refractivity (Wildman–Crippen MR) is 86.1 cm³/mol. The Hall–Kier alpha value is -2.50. The van der Waals surface area contributed by atoms with Gasteiger partial charge in [0.15, 0.2) is 11.5 Å². The third-order valence-corrected chi connectivity index (χ3v) is 3.54. The molecular formula is C16H20N4O2. The molecule has 0 aliphatic carbocycles. The Labute approximate surface area is 130 Å². The lowest BCUT2D eigenvalue weighted by Gasteiger charge is -2.18. The first-order valence-corrected chi connectivity index (χ1v) is 7.46. The molecule has 0 saturated carbocycles. The molecule has 6 heteroatoms. The number of hydrogen-bond donors (Lipinski definition) is 1. The molecule has 0 fully saturated rings. The summed E-state index contributed by atoms with van der Waals surface area (Å²) in [4.78, 5) is 10.7. The van der Waals surface area contributed by atoms with Crippen LogP contribution < -0.4 is 19.7 Å². The van der Waals surface area contributed by atoms with Crippen LogP contribution in [-0.4, -0.2) is 30.4 Å². The molecule has 0 atom stereocenters. The number of nitrogens with one attached hydrogen (secondary N) is 1. The molecule has 1 aromatic carbocycles. The van der Waals surface area contributed by atoms with Crippen LogP contribution in [0.2, 0.25) is 0 Å². The summed E-state index contributed by atoms with van der Waals surface area (Å²) in [6, 6.07) is 7.68. The summed E-state index contributed by atoms with van der Waals surface area (Å²) in [5.74, 6) is 3.19. The lowest BCUT2D eigenvalue weighted by atomic mass is 10.2. The van der Waals surface area contributed by atoms with Gasteiger partial charge in [-0.25, -0.2) is 9.97 Å². The molecule has 1 aliphatic heterocycles. The minimum atomic E-state index is 0.276.